The summed E-state index contributed by atoms with van der Waals surface area (Å²) in [4.78, 5) is 22.9. The number of Topliss-reactive ketones (excluding diaryl/α,β-unsaturated/α-hetero) is 1. The minimum absolute atomic E-state index is 0.0101. The highest BCUT2D eigenvalue weighted by molar-refractivity contribution is 6.01. The van der Waals surface area contributed by atoms with E-state index in [-0.39, 0.29) is 18.4 Å². The Morgan fingerprint density at radius 3 is 2.00 bits per heavy atom. The molecule has 0 saturated carbocycles. The van der Waals surface area contributed by atoms with Gasteiger partial charge in [0.1, 0.15) is 5.75 Å². The van der Waals surface area contributed by atoms with Gasteiger partial charge in [0, 0.05) is 12.0 Å². The van der Waals surface area contributed by atoms with E-state index in [9.17, 15) is 9.59 Å². The number of carbonyl (C=O) groups is 2. The third-order valence-corrected chi connectivity index (χ3v) is 5.38. The highest BCUT2D eigenvalue weighted by Crippen LogP contribution is 2.40. The topological polar surface area (TPSA) is 61.8 Å². The molecule has 0 unspecified atom stereocenters. The quantitative estimate of drug-likeness (QED) is 0.483. The molecule has 5 heteroatoms. The van der Waals surface area contributed by atoms with E-state index in [1.807, 2.05) is 32.0 Å². The van der Waals surface area contributed by atoms with Crippen LogP contribution in [0.15, 0.2) is 24.3 Å². The van der Waals surface area contributed by atoms with E-state index in [4.69, 9.17) is 14.2 Å². The van der Waals surface area contributed by atoms with Crippen molar-refractivity contribution in [2.75, 3.05) is 13.2 Å². The van der Waals surface area contributed by atoms with Crippen LogP contribution in [0.25, 0.3) is 0 Å². The van der Waals surface area contributed by atoms with Crippen LogP contribution >= 0.6 is 0 Å². The van der Waals surface area contributed by atoms with Gasteiger partial charge in [0.15, 0.2) is 23.9 Å². The highest BCUT2D eigenvalue weighted by atomic mass is 16.6. The van der Waals surface area contributed by atoms with Crippen molar-refractivity contribution in [3.05, 3.63) is 52.1 Å². The van der Waals surface area contributed by atoms with Crippen molar-refractivity contribution in [1.29, 1.82) is 0 Å². The summed E-state index contributed by atoms with van der Waals surface area (Å²) >= 11 is 0. The monoisotopic (exact) mass is 410 g/mol. The lowest BCUT2D eigenvalue weighted by Crippen LogP contribution is -2.24. The Morgan fingerprint density at radius 1 is 0.767 bits per heavy atom. The lowest BCUT2D eigenvalue weighted by Gasteiger charge is -2.22. The minimum atomic E-state index is -0.327. The first kappa shape index (κ1) is 21.9. The lowest BCUT2D eigenvalue weighted by molar-refractivity contribution is -0.138. The molecular weight excluding hydrogens is 380 g/mol. The van der Waals surface area contributed by atoms with Crippen molar-refractivity contribution in [3.8, 4) is 17.2 Å². The van der Waals surface area contributed by atoms with Gasteiger partial charge in [-0.3, -0.25) is 4.79 Å². The molecule has 0 aliphatic carbocycles. The van der Waals surface area contributed by atoms with Gasteiger partial charge in [0.2, 0.25) is 0 Å². The molecule has 0 N–H and O–H groups in total. The maximum atomic E-state index is 11.8. The molecule has 2 aromatic carbocycles. The molecule has 0 aromatic heterocycles. The fourth-order valence-electron chi connectivity index (χ4n) is 3.71. The number of hydrogen-bond acceptors (Lipinski definition) is 5. The van der Waals surface area contributed by atoms with E-state index in [2.05, 4.69) is 33.8 Å². The van der Waals surface area contributed by atoms with E-state index in [1.54, 1.807) is 0 Å². The third kappa shape index (κ3) is 4.35. The van der Waals surface area contributed by atoms with Crippen LogP contribution in [0.2, 0.25) is 0 Å². The van der Waals surface area contributed by atoms with Crippen LogP contribution in [-0.4, -0.2) is 25.0 Å². The highest BCUT2D eigenvalue weighted by Gasteiger charge is 2.25. The van der Waals surface area contributed by atoms with Crippen LogP contribution in [0.1, 0.15) is 78.6 Å². The van der Waals surface area contributed by atoms with Gasteiger partial charge in [0.05, 0.1) is 12.2 Å². The summed E-state index contributed by atoms with van der Waals surface area (Å²) in [6.07, 6.45) is 0.509. The molecule has 0 bridgehead atoms. The second-order valence-corrected chi connectivity index (χ2v) is 8.40. The summed E-state index contributed by atoms with van der Waals surface area (Å²) in [6, 6.07) is 8.06. The van der Waals surface area contributed by atoms with E-state index >= 15 is 0 Å². The maximum Gasteiger partial charge on any atom is 0.349 e. The molecule has 2 aliphatic heterocycles. The Labute approximate surface area is 178 Å². The second-order valence-electron chi connectivity index (χ2n) is 8.40. The van der Waals surface area contributed by atoms with Gasteiger partial charge in [0.25, 0.3) is 0 Å². The molecule has 0 amide bonds. The first-order valence-electron chi connectivity index (χ1n) is 10.5. The average molecular weight is 411 g/mol. The third-order valence-electron chi connectivity index (χ3n) is 5.38. The number of carbonyl (C=O) groups excluding carboxylic acids is 2. The SMILES string of the molecule is Cc1ccc(C(C)C)c2c1C(=O)CCO2.Cc1ccc(C(C)C)c2c1OC(=O)CO2. The Hall–Kier alpha value is -2.82. The average Bonchev–Trinajstić information content (AvgIpc) is 2.69. The van der Waals surface area contributed by atoms with Crippen molar-refractivity contribution in [2.24, 2.45) is 0 Å². The fourth-order valence-corrected chi connectivity index (χ4v) is 3.71. The van der Waals surface area contributed by atoms with E-state index in [0.717, 1.165) is 39.3 Å². The van der Waals surface area contributed by atoms with Gasteiger partial charge < -0.3 is 14.2 Å². The Balaban J connectivity index is 0.000000171. The van der Waals surface area contributed by atoms with Gasteiger partial charge in [-0.1, -0.05) is 52.0 Å². The Morgan fingerprint density at radius 2 is 1.37 bits per heavy atom. The van der Waals surface area contributed by atoms with Crippen LogP contribution in [0.4, 0.5) is 0 Å². The summed E-state index contributed by atoms with van der Waals surface area (Å²) in [5.74, 6) is 2.77. The van der Waals surface area contributed by atoms with Crippen LogP contribution in [-0.2, 0) is 4.79 Å². The van der Waals surface area contributed by atoms with Crippen molar-refractivity contribution >= 4 is 11.8 Å². The fraction of sp³-hybridized carbons (Fsp3) is 0.440. The molecule has 0 spiro atoms. The predicted octanol–water partition coefficient (Wildman–Crippen LogP) is 5.50. The zero-order valence-corrected chi connectivity index (χ0v) is 18.6. The molecule has 4 rings (SSSR count). The van der Waals surface area contributed by atoms with Crippen LogP contribution < -0.4 is 14.2 Å². The molecule has 2 aromatic rings. The number of esters is 1. The number of ketones is 1. The summed E-state index contributed by atoms with van der Waals surface area (Å²) in [6.45, 7) is 12.8. The van der Waals surface area contributed by atoms with Crippen molar-refractivity contribution in [2.45, 2.75) is 59.8 Å². The molecule has 0 saturated heterocycles. The molecule has 0 atom stereocenters. The molecule has 2 heterocycles. The minimum Gasteiger partial charge on any atom is -0.492 e. The first-order valence-corrected chi connectivity index (χ1v) is 10.5. The molecule has 5 nitrogen and oxygen atoms in total. The summed E-state index contributed by atoms with van der Waals surface area (Å²) in [5.41, 5.74) is 4.99. The predicted molar refractivity (Wildman–Crippen MR) is 116 cm³/mol. The number of hydrogen-bond donors (Lipinski definition) is 0. The lowest BCUT2D eigenvalue weighted by atomic mass is 9.92. The zero-order valence-electron chi connectivity index (χ0n) is 18.6. The van der Waals surface area contributed by atoms with Crippen molar-refractivity contribution in [3.63, 3.8) is 0 Å². The molecule has 0 radical (unpaired) electrons. The number of aryl methyl sites for hydroxylation is 2. The smallest absolute Gasteiger partial charge is 0.349 e. The number of benzene rings is 2. The number of rotatable bonds is 2. The van der Waals surface area contributed by atoms with E-state index in [1.165, 1.54) is 0 Å². The van der Waals surface area contributed by atoms with Crippen LogP contribution in [0.5, 0.6) is 17.2 Å². The van der Waals surface area contributed by atoms with Gasteiger partial charge >= 0.3 is 5.97 Å². The summed E-state index contributed by atoms with van der Waals surface area (Å²) < 4.78 is 16.3. The normalized spacial score (nSPS) is 14.8. The van der Waals surface area contributed by atoms with E-state index in [0.29, 0.717) is 30.6 Å². The molecule has 0 fully saturated rings. The van der Waals surface area contributed by atoms with Crippen molar-refractivity contribution in [1.82, 2.24) is 0 Å². The zero-order chi connectivity index (χ0) is 22.0. The summed E-state index contributed by atoms with van der Waals surface area (Å²) in [7, 11) is 0. The molecular formula is C25H30O5. The molecule has 2 aliphatic rings. The Kier molecular flexibility index (Phi) is 6.49. The van der Waals surface area contributed by atoms with Gasteiger partial charge in [-0.25, -0.2) is 4.79 Å². The van der Waals surface area contributed by atoms with Gasteiger partial charge in [-0.2, -0.15) is 0 Å². The van der Waals surface area contributed by atoms with Gasteiger partial charge in [-0.05, 0) is 42.4 Å². The molecule has 160 valence electrons. The first-order chi connectivity index (χ1) is 14.2. The van der Waals surface area contributed by atoms with E-state index < -0.39 is 0 Å². The van der Waals surface area contributed by atoms with Gasteiger partial charge in [-0.15, -0.1) is 0 Å². The number of ether oxygens (including phenoxy) is 3. The largest absolute Gasteiger partial charge is 0.492 e. The van der Waals surface area contributed by atoms with Crippen LogP contribution in [0, 0.1) is 13.8 Å². The summed E-state index contributed by atoms with van der Waals surface area (Å²) in [5, 5.41) is 0. The Bertz CT molecular complexity index is 972. The standard InChI is InChI=1S/C13H16O2.C12H14O3/c1-8(2)10-5-4-9(3)12-11(14)6-7-15-13(10)12;1-7(2)9-5-4-8(3)11-12(9)14-6-10(13)15-11/h4-5,8H,6-7H2,1-3H3;4-5,7H,6H2,1-3H3. The van der Waals surface area contributed by atoms with Crippen molar-refractivity contribution < 1.29 is 23.8 Å². The maximum absolute atomic E-state index is 11.8. The second kappa shape index (κ2) is 8.90. The van der Waals surface area contributed by atoms with Crippen LogP contribution in [0.3, 0.4) is 0 Å². The molecule has 30 heavy (non-hydrogen) atoms. The number of fused-ring (bicyclic) bond motifs is 2.